The molecular formula is C18H15NO5S. The molecule has 0 radical (unpaired) electrons. The topological polar surface area (TPSA) is 80.0 Å². The summed E-state index contributed by atoms with van der Waals surface area (Å²) in [7, 11) is 3.13. The van der Waals surface area contributed by atoms with E-state index in [1.165, 1.54) is 29.4 Å². The minimum atomic E-state index is -0.678. The highest BCUT2D eigenvalue weighted by Gasteiger charge is 2.20. The molecule has 7 heteroatoms. The van der Waals surface area contributed by atoms with E-state index in [0.29, 0.717) is 26.6 Å². The molecule has 3 aromatic rings. The van der Waals surface area contributed by atoms with Crippen molar-refractivity contribution in [1.29, 1.82) is 0 Å². The average Bonchev–Trinajstić information content (AvgIpc) is 3.02. The van der Waals surface area contributed by atoms with Crippen LogP contribution in [0.25, 0.3) is 16.0 Å². The molecule has 0 aliphatic heterocycles. The molecule has 3 rings (SSSR count). The van der Waals surface area contributed by atoms with Crippen LogP contribution in [0.2, 0.25) is 0 Å². The van der Waals surface area contributed by atoms with Gasteiger partial charge in [0.15, 0.2) is 5.58 Å². The Bertz CT molecular complexity index is 1030. The van der Waals surface area contributed by atoms with Gasteiger partial charge in [-0.2, -0.15) is 0 Å². The Balaban J connectivity index is 2.02. The highest BCUT2D eigenvalue weighted by atomic mass is 32.1. The molecule has 0 unspecified atom stereocenters. The molecule has 2 heterocycles. The van der Waals surface area contributed by atoms with Gasteiger partial charge in [0, 0.05) is 13.1 Å². The third-order valence-electron chi connectivity index (χ3n) is 3.69. The van der Waals surface area contributed by atoms with Crippen LogP contribution in [-0.2, 0) is 0 Å². The van der Waals surface area contributed by atoms with Crippen molar-refractivity contribution in [1.82, 2.24) is 0 Å². The number of ether oxygens (including phenoxy) is 1. The first-order valence-electron chi connectivity index (χ1n) is 7.29. The lowest BCUT2D eigenvalue weighted by atomic mass is 10.2. The third kappa shape index (κ3) is 3.01. The number of thiophene rings is 1. The molecule has 0 saturated carbocycles. The van der Waals surface area contributed by atoms with Gasteiger partial charge in [-0.1, -0.05) is 18.7 Å². The molecule has 1 amide bonds. The summed E-state index contributed by atoms with van der Waals surface area (Å²) in [6, 6.07) is 10.0. The normalized spacial score (nSPS) is 10.6. The number of rotatable bonds is 4. The van der Waals surface area contributed by atoms with Crippen LogP contribution in [0, 0.1) is 0 Å². The van der Waals surface area contributed by atoms with Crippen molar-refractivity contribution >= 4 is 38.3 Å². The van der Waals surface area contributed by atoms with Gasteiger partial charge >= 0.3 is 5.63 Å². The standard InChI is InChI=1S/C18H15NO5S/c1-10(20)12-8-15-14(24-18(12)22)9-16(25-15)19(2)17(21)11-6-4-5-7-13(11)23-3/h4-9,20H,1H2,2-3H3. The number of fused-ring (bicyclic) bond motifs is 1. The van der Waals surface area contributed by atoms with Crippen LogP contribution < -0.4 is 15.3 Å². The number of hydrogen-bond acceptors (Lipinski definition) is 6. The second kappa shape index (κ2) is 6.45. The fourth-order valence-corrected chi connectivity index (χ4v) is 3.36. The van der Waals surface area contributed by atoms with Gasteiger partial charge in [0.05, 0.1) is 17.4 Å². The third-order valence-corrected chi connectivity index (χ3v) is 4.83. The molecule has 2 aromatic heterocycles. The molecule has 0 atom stereocenters. The Morgan fingerprint density at radius 2 is 2.00 bits per heavy atom. The summed E-state index contributed by atoms with van der Waals surface area (Å²) in [5.41, 5.74) is 0.0909. The van der Waals surface area contributed by atoms with E-state index in [2.05, 4.69) is 6.58 Å². The summed E-state index contributed by atoms with van der Waals surface area (Å²) < 4.78 is 11.0. The maximum absolute atomic E-state index is 12.7. The van der Waals surface area contributed by atoms with E-state index in [-0.39, 0.29) is 17.2 Å². The Morgan fingerprint density at radius 1 is 1.28 bits per heavy atom. The van der Waals surface area contributed by atoms with Gasteiger partial charge in [0.2, 0.25) is 0 Å². The smallest absolute Gasteiger partial charge is 0.347 e. The van der Waals surface area contributed by atoms with Crippen LogP contribution in [0.15, 0.2) is 52.2 Å². The summed E-state index contributed by atoms with van der Waals surface area (Å²) in [4.78, 5) is 26.0. The number of methoxy groups -OCH3 is 1. The number of aliphatic hydroxyl groups excluding tert-OH is 1. The van der Waals surface area contributed by atoms with E-state index in [1.807, 2.05) is 0 Å². The van der Waals surface area contributed by atoms with Gasteiger partial charge in [-0.3, -0.25) is 4.79 Å². The quantitative estimate of drug-likeness (QED) is 0.721. The largest absolute Gasteiger partial charge is 0.508 e. The maximum Gasteiger partial charge on any atom is 0.347 e. The number of benzene rings is 1. The molecule has 6 nitrogen and oxygen atoms in total. The van der Waals surface area contributed by atoms with Crippen LogP contribution in [-0.4, -0.2) is 25.2 Å². The molecule has 0 spiro atoms. The molecule has 1 aromatic carbocycles. The van der Waals surface area contributed by atoms with Crippen LogP contribution >= 0.6 is 11.3 Å². The molecule has 25 heavy (non-hydrogen) atoms. The first-order chi connectivity index (χ1) is 11.9. The zero-order chi connectivity index (χ0) is 18.1. The van der Waals surface area contributed by atoms with Crippen molar-refractivity contribution < 1.29 is 19.1 Å². The van der Waals surface area contributed by atoms with Crippen LogP contribution in [0.5, 0.6) is 5.75 Å². The Kier molecular flexibility index (Phi) is 4.33. The summed E-state index contributed by atoms with van der Waals surface area (Å²) in [6.45, 7) is 3.34. The monoisotopic (exact) mass is 357 g/mol. The number of carbonyl (C=O) groups excluding carboxylic acids is 1. The van der Waals surface area contributed by atoms with Gasteiger partial charge in [-0.05, 0) is 18.2 Å². The first-order valence-corrected chi connectivity index (χ1v) is 8.11. The molecule has 0 saturated heterocycles. The van der Waals surface area contributed by atoms with Crippen molar-refractivity contribution in [3.05, 3.63) is 64.5 Å². The van der Waals surface area contributed by atoms with Crippen LogP contribution in [0.4, 0.5) is 5.00 Å². The molecule has 0 fully saturated rings. The van der Waals surface area contributed by atoms with E-state index in [1.54, 1.807) is 37.4 Å². The fourth-order valence-electron chi connectivity index (χ4n) is 2.37. The van der Waals surface area contributed by atoms with E-state index in [9.17, 15) is 14.7 Å². The molecule has 0 aliphatic rings. The summed E-state index contributed by atoms with van der Waals surface area (Å²) >= 11 is 1.26. The van der Waals surface area contributed by atoms with Crippen LogP contribution in [0.3, 0.4) is 0 Å². The number of para-hydroxylation sites is 1. The van der Waals surface area contributed by atoms with E-state index in [0.717, 1.165) is 0 Å². The summed E-state index contributed by atoms with van der Waals surface area (Å²) in [5.74, 6) is -0.131. The van der Waals surface area contributed by atoms with Gasteiger partial charge in [-0.25, -0.2) is 4.79 Å². The lowest BCUT2D eigenvalue weighted by Crippen LogP contribution is -2.25. The highest BCUT2D eigenvalue weighted by molar-refractivity contribution is 7.22. The van der Waals surface area contributed by atoms with E-state index >= 15 is 0 Å². The maximum atomic E-state index is 12.7. The molecule has 128 valence electrons. The van der Waals surface area contributed by atoms with Crippen molar-refractivity contribution in [2.75, 3.05) is 19.1 Å². The number of aliphatic hydroxyl groups is 1. The number of anilines is 1. The molecular weight excluding hydrogens is 342 g/mol. The number of carbonyl (C=O) groups is 1. The van der Waals surface area contributed by atoms with Gasteiger partial charge in [0.1, 0.15) is 22.1 Å². The van der Waals surface area contributed by atoms with Gasteiger partial charge in [0.25, 0.3) is 5.91 Å². The highest BCUT2D eigenvalue weighted by Crippen LogP contribution is 2.33. The molecule has 1 N–H and O–H groups in total. The predicted octanol–water partition coefficient (Wildman–Crippen LogP) is 3.67. The SMILES string of the molecule is C=C(O)c1cc2sc(N(C)C(=O)c3ccccc3OC)cc2oc1=O. The lowest BCUT2D eigenvalue weighted by Gasteiger charge is -2.16. The number of hydrogen-bond donors (Lipinski definition) is 1. The fraction of sp³-hybridized carbons (Fsp3) is 0.111. The van der Waals surface area contributed by atoms with Crippen molar-refractivity contribution in [2.24, 2.45) is 0 Å². The second-order valence-corrected chi connectivity index (χ2v) is 6.33. The predicted molar refractivity (Wildman–Crippen MR) is 97.8 cm³/mol. The second-order valence-electron chi connectivity index (χ2n) is 5.27. The van der Waals surface area contributed by atoms with Crippen molar-refractivity contribution in [3.63, 3.8) is 0 Å². The Hall–Kier alpha value is -3.06. The lowest BCUT2D eigenvalue weighted by molar-refractivity contribution is 0.0990. The first kappa shape index (κ1) is 16.8. The summed E-state index contributed by atoms with van der Waals surface area (Å²) in [5, 5.41) is 10.0. The average molecular weight is 357 g/mol. The Morgan fingerprint density at radius 3 is 2.68 bits per heavy atom. The minimum absolute atomic E-state index is 0.000363. The zero-order valence-corrected chi connectivity index (χ0v) is 14.4. The zero-order valence-electron chi connectivity index (χ0n) is 13.6. The van der Waals surface area contributed by atoms with Crippen molar-refractivity contribution in [3.8, 4) is 5.75 Å². The van der Waals surface area contributed by atoms with E-state index in [4.69, 9.17) is 9.15 Å². The van der Waals surface area contributed by atoms with Crippen LogP contribution in [0.1, 0.15) is 15.9 Å². The van der Waals surface area contributed by atoms with Gasteiger partial charge < -0.3 is 19.2 Å². The van der Waals surface area contributed by atoms with Crippen molar-refractivity contribution in [2.45, 2.75) is 0 Å². The number of nitrogens with zero attached hydrogens (tertiary/aromatic N) is 1. The number of amides is 1. The Labute approximate surface area is 147 Å². The summed E-state index contributed by atoms with van der Waals surface area (Å²) in [6.07, 6.45) is 0. The van der Waals surface area contributed by atoms with E-state index < -0.39 is 5.63 Å². The minimum Gasteiger partial charge on any atom is -0.508 e. The molecule has 0 aliphatic carbocycles. The molecule has 0 bridgehead atoms. The van der Waals surface area contributed by atoms with Gasteiger partial charge in [-0.15, -0.1) is 11.3 Å².